The van der Waals surface area contributed by atoms with Crippen LogP contribution in [-0.2, 0) is 9.59 Å². The lowest BCUT2D eigenvalue weighted by Crippen LogP contribution is -2.34. The molecule has 0 saturated carbocycles. The minimum Gasteiger partial charge on any atom is -0.503 e. The van der Waals surface area contributed by atoms with Gasteiger partial charge >= 0.3 is 0 Å². The number of imidazole rings is 1. The fourth-order valence-corrected chi connectivity index (χ4v) is 3.33. The standard InChI is InChI=1S/C21H20N4O3/c1-21(2,3)18(27)15-16(14-10-6-7-11-22-14)25(19(28)17(15)26)20-23-12-8-4-5-9-13(12)24-20/h4-11,16,26H,1-3H3,(H,23,24). The quantitative estimate of drug-likeness (QED) is 0.729. The zero-order valence-electron chi connectivity index (χ0n) is 15.8. The van der Waals surface area contributed by atoms with Crippen molar-refractivity contribution in [3.05, 3.63) is 65.7 Å². The number of aromatic nitrogens is 3. The Labute approximate surface area is 161 Å². The number of anilines is 1. The number of nitrogens with zero attached hydrogens (tertiary/aromatic N) is 3. The molecule has 1 aliphatic heterocycles. The minimum atomic E-state index is -0.860. The smallest absolute Gasteiger partial charge is 0.296 e. The molecule has 142 valence electrons. The third kappa shape index (κ3) is 2.76. The maximum Gasteiger partial charge on any atom is 0.296 e. The van der Waals surface area contributed by atoms with Gasteiger partial charge in [0, 0.05) is 11.6 Å². The highest BCUT2D eigenvalue weighted by molar-refractivity contribution is 6.17. The van der Waals surface area contributed by atoms with E-state index in [1.165, 1.54) is 4.90 Å². The molecular weight excluding hydrogens is 356 g/mol. The summed E-state index contributed by atoms with van der Waals surface area (Å²) in [5, 5.41) is 10.6. The topological polar surface area (TPSA) is 99.2 Å². The molecule has 0 bridgehead atoms. The molecular formula is C21H20N4O3. The number of hydrogen-bond donors (Lipinski definition) is 2. The Morgan fingerprint density at radius 2 is 1.86 bits per heavy atom. The molecule has 2 N–H and O–H groups in total. The number of para-hydroxylation sites is 2. The second kappa shape index (κ2) is 6.30. The van der Waals surface area contributed by atoms with E-state index in [1.807, 2.05) is 24.3 Å². The van der Waals surface area contributed by atoms with Gasteiger partial charge in [-0.25, -0.2) is 4.98 Å². The second-order valence-electron chi connectivity index (χ2n) is 7.75. The van der Waals surface area contributed by atoms with Crippen molar-refractivity contribution in [3.63, 3.8) is 0 Å². The van der Waals surface area contributed by atoms with Crippen LogP contribution in [0.5, 0.6) is 0 Å². The highest BCUT2D eigenvalue weighted by atomic mass is 16.3. The third-order valence-electron chi connectivity index (χ3n) is 4.71. The summed E-state index contributed by atoms with van der Waals surface area (Å²) in [5.41, 5.74) is 1.17. The van der Waals surface area contributed by atoms with Gasteiger partial charge in [0.15, 0.2) is 11.5 Å². The van der Waals surface area contributed by atoms with E-state index >= 15 is 0 Å². The Bertz CT molecular complexity index is 1080. The van der Waals surface area contributed by atoms with Crippen molar-refractivity contribution in [1.82, 2.24) is 15.0 Å². The van der Waals surface area contributed by atoms with Gasteiger partial charge in [-0.2, -0.15) is 0 Å². The van der Waals surface area contributed by atoms with Gasteiger partial charge < -0.3 is 10.1 Å². The number of aromatic amines is 1. The van der Waals surface area contributed by atoms with Crippen molar-refractivity contribution in [3.8, 4) is 0 Å². The van der Waals surface area contributed by atoms with Crippen LogP contribution < -0.4 is 4.90 Å². The Morgan fingerprint density at radius 1 is 1.14 bits per heavy atom. The van der Waals surface area contributed by atoms with Crippen LogP contribution in [0.1, 0.15) is 32.5 Å². The van der Waals surface area contributed by atoms with Crippen molar-refractivity contribution in [2.75, 3.05) is 4.90 Å². The summed E-state index contributed by atoms with van der Waals surface area (Å²) in [6.07, 6.45) is 1.59. The van der Waals surface area contributed by atoms with E-state index in [0.29, 0.717) is 11.2 Å². The van der Waals surface area contributed by atoms with E-state index < -0.39 is 23.1 Å². The highest BCUT2D eigenvalue weighted by Crippen LogP contribution is 2.42. The van der Waals surface area contributed by atoms with Gasteiger partial charge in [0.05, 0.1) is 22.3 Å². The largest absolute Gasteiger partial charge is 0.503 e. The van der Waals surface area contributed by atoms with Gasteiger partial charge in [-0.1, -0.05) is 39.0 Å². The van der Waals surface area contributed by atoms with Gasteiger partial charge in [0.25, 0.3) is 5.91 Å². The van der Waals surface area contributed by atoms with Crippen molar-refractivity contribution in [2.45, 2.75) is 26.8 Å². The molecule has 1 aliphatic rings. The van der Waals surface area contributed by atoms with Gasteiger partial charge in [-0.05, 0) is 24.3 Å². The predicted molar refractivity (Wildman–Crippen MR) is 105 cm³/mol. The number of carbonyl (C=O) groups excluding carboxylic acids is 2. The summed E-state index contributed by atoms with van der Waals surface area (Å²) in [5.74, 6) is -1.30. The van der Waals surface area contributed by atoms with E-state index in [4.69, 9.17) is 0 Å². The summed E-state index contributed by atoms with van der Waals surface area (Å²) in [4.78, 5) is 39.3. The average molecular weight is 376 g/mol. The van der Waals surface area contributed by atoms with Crippen molar-refractivity contribution in [1.29, 1.82) is 0 Å². The Balaban J connectivity index is 1.91. The molecule has 3 aromatic rings. The average Bonchev–Trinajstić information content (AvgIpc) is 3.20. The Kier molecular flexibility index (Phi) is 4.03. The molecule has 1 amide bonds. The first-order valence-corrected chi connectivity index (χ1v) is 8.96. The number of benzene rings is 1. The van der Waals surface area contributed by atoms with Crippen molar-refractivity contribution in [2.24, 2.45) is 5.41 Å². The van der Waals surface area contributed by atoms with Crippen molar-refractivity contribution >= 4 is 28.7 Å². The van der Waals surface area contributed by atoms with Crippen LogP contribution >= 0.6 is 0 Å². The molecule has 7 nitrogen and oxygen atoms in total. The lowest BCUT2D eigenvalue weighted by Gasteiger charge is -2.26. The summed E-state index contributed by atoms with van der Waals surface area (Å²) >= 11 is 0. The van der Waals surface area contributed by atoms with Crippen LogP contribution in [0.15, 0.2) is 60.0 Å². The first-order chi connectivity index (χ1) is 13.3. The predicted octanol–water partition coefficient (Wildman–Crippen LogP) is 3.47. The number of hydrogen-bond acceptors (Lipinski definition) is 5. The fourth-order valence-electron chi connectivity index (χ4n) is 3.33. The van der Waals surface area contributed by atoms with Crippen LogP contribution in [-0.4, -0.2) is 31.7 Å². The number of fused-ring (bicyclic) bond motifs is 1. The highest BCUT2D eigenvalue weighted by Gasteiger charge is 2.48. The summed E-state index contributed by atoms with van der Waals surface area (Å²) in [6, 6.07) is 11.8. The molecule has 0 spiro atoms. The molecule has 1 atom stereocenters. The summed E-state index contributed by atoms with van der Waals surface area (Å²) in [6.45, 7) is 5.25. The van der Waals surface area contributed by atoms with E-state index in [0.717, 1.165) is 5.52 Å². The van der Waals surface area contributed by atoms with Crippen LogP contribution in [0, 0.1) is 5.41 Å². The van der Waals surface area contributed by atoms with Crippen LogP contribution in [0.2, 0.25) is 0 Å². The maximum absolute atomic E-state index is 13.1. The molecule has 2 aromatic heterocycles. The number of Topliss-reactive ketones (excluding diaryl/α,β-unsaturated/α-hetero) is 1. The second-order valence-corrected chi connectivity index (χ2v) is 7.75. The Hall–Kier alpha value is -3.48. The van der Waals surface area contributed by atoms with Gasteiger partial charge in [0.2, 0.25) is 5.95 Å². The van der Waals surface area contributed by atoms with Crippen LogP contribution in [0.25, 0.3) is 11.0 Å². The number of aliphatic hydroxyl groups excluding tert-OH is 1. The number of pyridine rings is 1. The van der Waals surface area contributed by atoms with Gasteiger partial charge in [0.1, 0.15) is 6.04 Å². The maximum atomic E-state index is 13.1. The zero-order valence-corrected chi connectivity index (χ0v) is 15.8. The van der Waals surface area contributed by atoms with Gasteiger partial charge in [-0.3, -0.25) is 19.5 Å². The number of nitrogens with one attached hydrogen (secondary N) is 1. The molecule has 0 aliphatic carbocycles. The molecule has 7 heteroatoms. The van der Waals surface area contributed by atoms with Crippen molar-refractivity contribution < 1.29 is 14.7 Å². The molecule has 1 aromatic carbocycles. The van der Waals surface area contributed by atoms with E-state index in [2.05, 4.69) is 15.0 Å². The van der Waals surface area contributed by atoms with E-state index in [-0.39, 0.29) is 17.3 Å². The number of rotatable bonds is 3. The summed E-state index contributed by atoms with van der Waals surface area (Å²) < 4.78 is 0. The third-order valence-corrected chi connectivity index (χ3v) is 4.71. The summed E-state index contributed by atoms with van der Waals surface area (Å²) in [7, 11) is 0. The molecule has 3 heterocycles. The Morgan fingerprint density at radius 3 is 2.50 bits per heavy atom. The first-order valence-electron chi connectivity index (χ1n) is 8.96. The van der Waals surface area contributed by atoms with Gasteiger partial charge in [-0.15, -0.1) is 0 Å². The van der Waals surface area contributed by atoms with E-state index in [9.17, 15) is 14.7 Å². The number of carbonyl (C=O) groups is 2. The molecule has 1 unspecified atom stereocenters. The molecule has 4 rings (SSSR count). The lowest BCUT2D eigenvalue weighted by molar-refractivity contribution is -0.123. The van der Waals surface area contributed by atoms with Crippen LogP contribution in [0.3, 0.4) is 0 Å². The lowest BCUT2D eigenvalue weighted by atomic mass is 9.83. The van der Waals surface area contributed by atoms with Crippen LogP contribution in [0.4, 0.5) is 5.95 Å². The number of amides is 1. The van der Waals surface area contributed by atoms with E-state index in [1.54, 1.807) is 45.2 Å². The first kappa shape index (κ1) is 17.9. The monoisotopic (exact) mass is 376 g/mol. The SMILES string of the molecule is CC(C)(C)C(=O)C1=C(O)C(=O)N(c2nc3ccccc3[nH]2)C1c1ccccn1. The fraction of sp³-hybridized carbons (Fsp3) is 0.238. The minimum absolute atomic E-state index is 0.0386. The molecule has 0 fully saturated rings. The molecule has 0 radical (unpaired) electrons. The molecule has 0 saturated heterocycles. The number of aliphatic hydroxyl groups is 1. The number of ketones is 1. The molecule has 28 heavy (non-hydrogen) atoms. The number of H-pyrrole nitrogens is 1. The normalized spacial score (nSPS) is 17.6. The zero-order chi connectivity index (χ0) is 20.1.